The third kappa shape index (κ3) is 3.29. The maximum Gasteiger partial charge on any atom is 0.280 e. The molecule has 25 heavy (non-hydrogen) atoms. The van der Waals surface area contributed by atoms with Crippen molar-refractivity contribution in [3.8, 4) is 11.1 Å². The quantitative estimate of drug-likeness (QED) is 0.543. The molecule has 0 aliphatic carbocycles. The minimum Gasteiger partial charge on any atom is -0.370 e. The number of hydrogen-bond donors (Lipinski definition) is 2. The van der Waals surface area contributed by atoms with Crippen molar-refractivity contribution in [3.05, 3.63) is 64.6 Å². The standard InChI is InChI=1S/C18H14ClFN4O/c1-9-6-11(20)3-4-12(9)16-13-7-10(17(25)24-18(21)22)2-5-15(13)23-8-14(16)19/h2-8H,1H3,(H4,21,22,24,25). The number of amides is 1. The maximum absolute atomic E-state index is 13.4. The SMILES string of the molecule is Cc1cc(F)ccc1-c1c(Cl)cnc2ccc(C(=O)N=C(N)N)cc12. The fourth-order valence-corrected chi connectivity index (χ4v) is 2.92. The van der Waals surface area contributed by atoms with Gasteiger partial charge in [0.2, 0.25) is 0 Å². The Morgan fingerprint density at radius 3 is 2.64 bits per heavy atom. The largest absolute Gasteiger partial charge is 0.370 e. The lowest BCUT2D eigenvalue weighted by Gasteiger charge is -2.12. The second-order valence-electron chi connectivity index (χ2n) is 5.51. The molecule has 0 aliphatic rings. The summed E-state index contributed by atoms with van der Waals surface area (Å²) in [5.74, 6) is -1.22. The molecule has 1 heterocycles. The van der Waals surface area contributed by atoms with Gasteiger partial charge < -0.3 is 11.5 Å². The number of nitrogens with zero attached hydrogens (tertiary/aromatic N) is 2. The molecule has 126 valence electrons. The van der Waals surface area contributed by atoms with E-state index >= 15 is 0 Å². The third-order valence-electron chi connectivity index (χ3n) is 3.76. The van der Waals surface area contributed by atoms with Gasteiger partial charge in [-0.05, 0) is 48.4 Å². The van der Waals surface area contributed by atoms with Gasteiger partial charge in [0.1, 0.15) is 5.82 Å². The molecule has 2 aromatic carbocycles. The highest BCUT2D eigenvalue weighted by atomic mass is 35.5. The normalized spacial score (nSPS) is 10.7. The summed E-state index contributed by atoms with van der Waals surface area (Å²) in [6.07, 6.45) is 1.53. The van der Waals surface area contributed by atoms with E-state index < -0.39 is 5.91 Å². The molecule has 0 bridgehead atoms. The van der Waals surface area contributed by atoms with Crippen molar-refractivity contribution in [1.82, 2.24) is 4.98 Å². The van der Waals surface area contributed by atoms with Crippen molar-refractivity contribution in [2.45, 2.75) is 6.92 Å². The van der Waals surface area contributed by atoms with Gasteiger partial charge in [0, 0.05) is 22.7 Å². The van der Waals surface area contributed by atoms with Gasteiger partial charge in [-0.1, -0.05) is 17.7 Å². The van der Waals surface area contributed by atoms with Crippen molar-refractivity contribution in [3.63, 3.8) is 0 Å². The lowest BCUT2D eigenvalue weighted by atomic mass is 9.96. The average Bonchev–Trinajstić information content (AvgIpc) is 2.54. The lowest BCUT2D eigenvalue weighted by Crippen LogP contribution is -2.24. The molecule has 0 saturated carbocycles. The van der Waals surface area contributed by atoms with E-state index in [9.17, 15) is 9.18 Å². The Kier molecular flexibility index (Phi) is 4.37. The van der Waals surface area contributed by atoms with Crippen LogP contribution in [0.4, 0.5) is 4.39 Å². The predicted octanol–water partition coefficient (Wildman–Crippen LogP) is 3.42. The zero-order chi connectivity index (χ0) is 18.1. The van der Waals surface area contributed by atoms with E-state index in [1.807, 2.05) is 0 Å². The molecule has 4 N–H and O–H groups in total. The number of carbonyl (C=O) groups is 1. The Balaban J connectivity index is 2.28. The van der Waals surface area contributed by atoms with Gasteiger partial charge in [0.05, 0.1) is 10.5 Å². The number of fused-ring (bicyclic) bond motifs is 1. The Bertz CT molecular complexity index is 1030. The first-order valence-corrected chi connectivity index (χ1v) is 7.73. The third-order valence-corrected chi connectivity index (χ3v) is 4.04. The number of nitrogens with two attached hydrogens (primary N) is 2. The van der Waals surface area contributed by atoms with Crippen LogP contribution in [-0.2, 0) is 0 Å². The molecular weight excluding hydrogens is 343 g/mol. The van der Waals surface area contributed by atoms with Gasteiger partial charge in [-0.3, -0.25) is 9.78 Å². The average molecular weight is 357 g/mol. The van der Waals surface area contributed by atoms with Crippen LogP contribution < -0.4 is 11.5 Å². The number of aryl methyl sites for hydroxylation is 1. The van der Waals surface area contributed by atoms with Crippen LogP contribution in [0.2, 0.25) is 5.02 Å². The molecule has 5 nitrogen and oxygen atoms in total. The monoisotopic (exact) mass is 356 g/mol. The van der Waals surface area contributed by atoms with Gasteiger partial charge in [0.15, 0.2) is 5.96 Å². The van der Waals surface area contributed by atoms with Crippen LogP contribution in [0.25, 0.3) is 22.0 Å². The summed E-state index contributed by atoms with van der Waals surface area (Å²) in [7, 11) is 0. The van der Waals surface area contributed by atoms with Crippen LogP contribution in [0.15, 0.2) is 47.6 Å². The molecule has 0 unspecified atom stereocenters. The molecule has 0 saturated heterocycles. The van der Waals surface area contributed by atoms with Crippen molar-refractivity contribution >= 4 is 34.4 Å². The van der Waals surface area contributed by atoms with E-state index in [-0.39, 0.29) is 11.8 Å². The highest BCUT2D eigenvalue weighted by Gasteiger charge is 2.15. The summed E-state index contributed by atoms with van der Waals surface area (Å²) in [5, 5.41) is 1.05. The molecular formula is C18H14ClFN4O. The first-order valence-electron chi connectivity index (χ1n) is 7.35. The van der Waals surface area contributed by atoms with E-state index in [0.29, 0.717) is 27.1 Å². The van der Waals surface area contributed by atoms with Crippen LogP contribution in [-0.4, -0.2) is 16.9 Å². The fourth-order valence-electron chi connectivity index (χ4n) is 2.66. The summed E-state index contributed by atoms with van der Waals surface area (Å²) >= 11 is 6.36. The predicted molar refractivity (Wildman–Crippen MR) is 97.0 cm³/mol. The van der Waals surface area contributed by atoms with E-state index in [1.165, 1.54) is 18.3 Å². The maximum atomic E-state index is 13.4. The number of aromatic nitrogens is 1. The lowest BCUT2D eigenvalue weighted by molar-refractivity contribution is 0.100. The first kappa shape index (κ1) is 16.9. The minimum atomic E-state index is -0.566. The highest BCUT2D eigenvalue weighted by molar-refractivity contribution is 6.35. The van der Waals surface area contributed by atoms with E-state index in [1.54, 1.807) is 31.2 Å². The van der Waals surface area contributed by atoms with Crippen molar-refractivity contribution in [2.24, 2.45) is 16.5 Å². The summed E-state index contributed by atoms with van der Waals surface area (Å²) < 4.78 is 13.4. The van der Waals surface area contributed by atoms with Crippen LogP contribution in [0.5, 0.6) is 0 Å². The second kappa shape index (κ2) is 6.49. The Morgan fingerprint density at radius 1 is 1.20 bits per heavy atom. The van der Waals surface area contributed by atoms with E-state index in [2.05, 4.69) is 9.98 Å². The Hall–Kier alpha value is -2.99. The number of benzene rings is 2. The molecule has 3 rings (SSSR count). The number of carbonyl (C=O) groups excluding carboxylic acids is 1. The number of rotatable bonds is 2. The molecule has 0 spiro atoms. The van der Waals surface area contributed by atoms with Gasteiger partial charge >= 0.3 is 0 Å². The molecule has 3 aromatic rings. The van der Waals surface area contributed by atoms with Crippen LogP contribution >= 0.6 is 11.6 Å². The summed E-state index contributed by atoms with van der Waals surface area (Å²) in [4.78, 5) is 19.9. The Morgan fingerprint density at radius 2 is 1.96 bits per heavy atom. The summed E-state index contributed by atoms with van der Waals surface area (Å²) in [6, 6.07) is 9.32. The van der Waals surface area contributed by atoms with Crippen LogP contribution in [0, 0.1) is 12.7 Å². The molecule has 0 aliphatic heterocycles. The highest BCUT2D eigenvalue weighted by Crippen LogP contribution is 2.36. The molecule has 1 amide bonds. The number of hydrogen-bond acceptors (Lipinski definition) is 2. The fraction of sp³-hybridized carbons (Fsp3) is 0.0556. The summed E-state index contributed by atoms with van der Waals surface area (Å²) in [5.41, 5.74) is 13.6. The van der Waals surface area contributed by atoms with E-state index in [4.69, 9.17) is 23.1 Å². The first-order chi connectivity index (χ1) is 11.9. The minimum absolute atomic E-state index is 0.297. The van der Waals surface area contributed by atoms with Gasteiger partial charge in [0.25, 0.3) is 5.91 Å². The zero-order valence-corrected chi connectivity index (χ0v) is 14.0. The molecule has 0 atom stereocenters. The number of halogens is 2. The van der Waals surface area contributed by atoms with Crippen molar-refractivity contribution in [2.75, 3.05) is 0 Å². The smallest absolute Gasteiger partial charge is 0.280 e. The van der Waals surface area contributed by atoms with Crippen molar-refractivity contribution in [1.29, 1.82) is 0 Å². The van der Waals surface area contributed by atoms with Crippen LogP contribution in [0.3, 0.4) is 0 Å². The molecule has 1 aromatic heterocycles. The molecule has 7 heteroatoms. The number of aliphatic imine (C=N–C) groups is 1. The van der Waals surface area contributed by atoms with E-state index in [0.717, 1.165) is 11.1 Å². The Labute approximate surface area is 148 Å². The number of pyridine rings is 1. The zero-order valence-electron chi connectivity index (χ0n) is 13.3. The van der Waals surface area contributed by atoms with Gasteiger partial charge in [-0.25, -0.2) is 4.39 Å². The number of guanidine groups is 1. The summed E-state index contributed by atoms with van der Waals surface area (Å²) in [6.45, 7) is 1.79. The molecule has 0 radical (unpaired) electrons. The van der Waals surface area contributed by atoms with Crippen LogP contribution in [0.1, 0.15) is 15.9 Å². The topological polar surface area (TPSA) is 94.4 Å². The molecule has 0 fully saturated rings. The van der Waals surface area contributed by atoms with Gasteiger partial charge in [-0.2, -0.15) is 4.99 Å². The van der Waals surface area contributed by atoms with Crippen molar-refractivity contribution < 1.29 is 9.18 Å². The van der Waals surface area contributed by atoms with Gasteiger partial charge in [-0.15, -0.1) is 0 Å². The second-order valence-corrected chi connectivity index (χ2v) is 5.92.